The van der Waals surface area contributed by atoms with Crippen LogP contribution in [-0.4, -0.2) is 42.5 Å². The molecule has 1 rings (SSSR count). The number of benzene rings is 1. The third kappa shape index (κ3) is 4.01. The molecule has 0 bridgehead atoms. The third-order valence-corrected chi connectivity index (χ3v) is 3.02. The molecular formula is C14H24N2O3. The number of nitrogens with two attached hydrogens (primary N) is 1. The molecule has 5 nitrogen and oxygen atoms in total. The molecule has 0 amide bonds. The lowest BCUT2D eigenvalue weighted by atomic mass is 10.2. The van der Waals surface area contributed by atoms with Crippen molar-refractivity contribution in [3.05, 3.63) is 18.2 Å². The maximum absolute atomic E-state index is 9.89. The van der Waals surface area contributed by atoms with Crippen molar-refractivity contribution in [3.63, 3.8) is 0 Å². The van der Waals surface area contributed by atoms with Crippen molar-refractivity contribution < 1.29 is 14.6 Å². The number of hydrogen-bond donors (Lipinski definition) is 2. The molecule has 0 spiro atoms. The summed E-state index contributed by atoms with van der Waals surface area (Å²) in [7, 11) is 1.57. The van der Waals surface area contributed by atoms with Crippen LogP contribution in [0.25, 0.3) is 0 Å². The molecule has 0 radical (unpaired) electrons. The Morgan fingerprint density at radius 1 is 1.26 bits per heavy atom. The summed E-state index contributed by atoms with van der Waals surface area (Å²) in [5, 5.41) is 9.89. The molecule has 2 atom stereocenters. The standard InChI is InChI=1S/C14H24N2O3/c1-5-16(6-2)14(10(3)17)19-12-8-7-11(15)9-13(12)18-4/h7-10,14,17H,5-6,15H2,1-4H3/t10?,14-/m1/s1. The summed E-state index contributed by atoms with van der Waals surface area (Å²) in [5.41, 5.74) is 6.32. The van der Waals surface area contributed by atoms with E-state index >= 15 is 0 Å². The van der Waals surface area contributed by atoms with E-state index in [0.717, 1.165) is 13.1 Å². The summed E-state index contributed by atoms with van der Waals surface area (Å²) in [4.78, 5) is 2.04. The van der Waals surface area contributed by atoms with Crippen molar-refractivity contribution in [1.82, 2.24) is 4.90 Å². The van der Waals surface area contributed by atoms with E-state index in [1.807, 2.05) is 18.7 Å². The summed E-state index contributed by atoms with van der Waals surface area (Å²) < 4.78 is 11.1. The molecular weight excluding hydrogens is 244 g/mol. The van der Waals surface area contributed by atoms with Crippen LogP contribution in [-0.2, 0) is 0 Å². The number of methoxy groups -OCH3 is 1. The van der Waals surface area contributed by atoms with Gasteiger partial charge in [0.2, 0.25) is 0 Å². The highest BCUT2D eigenvalue weighted by Gasteiger charge is 2.24. The maximum Gasteiger partial charge on any atom is 0.178 e. The monoisotopic (exact) mass is 268 g/mol. The molecule has 0 saturated heterocycles. The molecule has 1 aromatic rings. The first-order chi connectivity index (χ1) is 9.03. The zero-order valence-corrected chi connectivity index (χ0v) is 12.1. The number of likely N-dealkylation sites (N-methyl/N-ethyl adjacent to an activating group) is 1. The van der Waals surface area contributed by atoms with Gasteiger partial charge >= 0.3 is 0 Å². The SMILES string of the molecule is CCN(CC)[C@H](Oc1ccc(N)cc1OC)C(C)O. The molecule has 1 aromatic carbocycles. The van der Waals surface area contributed by atoms with E-state index < -0.39 is 12.3 Å². The quantitative estimate of drug-likeness (QED) is 0.582. The second-order valence-corrected chi connectivity index (χ2v) is 4.38. The predicted octanol–water partition coefficient (Wildman–Crippen LogP) is 1.70. The lowest BCUT2D eigenvalue weighted by Gasteiger charge is -2.32. The van der Waals surface area contributed by atoms with Crippen molar-refractivity contribution >= 4 is 5.69 Å². The van der Waals surface area contributed by atoms with E-state index in [2.05, 4.69) is 0 Å². The summed E-state index contributed by atoms with van der Waals surface area (Å²) >= 11 is 0. The Hall–Kier alpha value is -1.46. The Bertz CT molecular complexity index is 392. The van der Waals surface area contributed by atoms with Crippen molar-refractivity contribution in [3.8, 4) is 11.5 Å². The molecule has 19 heavy (non-hydrogen) atoms. The van der Waals surface area contributed by atoms with Crippen LogP contribution < -0.4 is 15.2 Å². The first-order valence-corrected chi connectivity index (χ1v) is 6.55. The van der Waals surface area contributed by atoms with Crippen LogP contribution in [0.1, 0.15) is 20.8 Å². The minimum absolute atomic E-state index is 0.410. The normalized spacial score (nSPS) is 14.2. The van der Waals surface area contributed by atoms with Crippen molar-refractivity contribution in [1.29, 1.82) is 0 Å². The molecule has 5 heteroatoms. The predicted molar refractivity (Wildman–Crippen MR) is 76.4 cm³/mol. The Labute approximate surface area is 114 Å². The van der Waals surface area contributed by atoms with Gasteiger partial charge in [-0.3, -0.25) is 4.90 Å². The van der Waals surface area contributed by atoms with Crippen LogP contribution >= 0.6 is 0 Å². The molecule has 3 N–H and O–H groups in total. The van der Waals surface area contributed by atoms with Crippen LogP contribution in [0.3, 0.4) is 0 Å². The highest BCUT2D eigenvalue weighted by Crippen LogP contribution is 2.30. The van der Waals surface area contributed by atoms with Gasteiger partial charge in [-0.05, 0) is 32.1 Å². The molecule has 0 aliphatic rings. The maximum atomic E-state index is 9.89. The molecule has 0 saturated carbocycles. The fraction of sp³-hybridized carbons (Fsp3) is 0.571. The van der Waals surface area contributed by atoms with Crippen LogP contribution in [0, 0.1) is 0 Å². The van der Waals surface area contributed by atoms with E-state index in [1.54, 1.807) is 32.2 Å². The fourth-order valence-corrected chi connectivity index (χ4v) is 1.97. The first-order valence-electron chi connectivity index (χ1n) is 6.55. The average molecular weight is 268 g/mol. The molecule has 0 aliphatic heterocycles. The van der Waals surface area contributed by atoms with E-state index in [4.69, 9.17) is 15.2 Å². The number of hydrogen-bond acceptors (Lipinski definition) is 5. The van der Waals surface area contributed by atoms with Gasteiger partial charge in [0.25, 0.3) is 0 Å². The number of aliphatic hydroxyl groups is 1. The minimum atomic E-state index is -0.609. The lowest BCUT2D eigenvalue weighted by molar-refractivity contribution is -0.0548. The van der Waals surface area contributed by atoms with Crippen LogP contribution in [0.2, 0.25) is 0 Å². The topological polar surface area (TPSA) is 68.0 Å². The molecule has 0 aliphatic carbocycles. The summed E-state index contributed by atoms with van der Waals surface area (Å²) in [6.07, 6.45) is -1.02. The van der Waals surface area contributed by atoms with E-state index in [0.29, 0.717) is 17.2 Å². The molecule has 0 heterocycles. The summed E-state index contributed by atoms with van der Waals surface area (Å²) in [6, 6.07) is 5.21. The van der Waals surface area contributed by atoms with Crippen LogP contribution in [0.4, 0.5) is 5.69 Å². The number of anilines is 1. The molecule has 0 aromatic heterocycles. The highest BCUT2D eigenvalue weighted by atomic mass is 16.5. The largest absolute Gasteiger partial charge is 0.493 e. The van der Waals surface area contributed by atoms with Crippen LogP contribution in [0.15, 0.2) is 18.2 Å². The fourth-order valence-electron chi connectivity index (χ4n) is 1.97. The molecule has 108 valence electrons. The number of aliphatic hydroxyl groups excluding tert-OH is 1. The van der Waals surface area contributed by atoms with Gasteiger partial charge < -0.3 is 20.3 Å². The van der Waals surface area contributed by atoms with Gasteiger partial charge in [-0.15, -0.1) is 0 Å². The van der Waals surface area contributed by atoms with Crippen molar-refractivity contribution in [2.75, 3.05) is 25.9 Å². The average Bonchev–Trinajstić information content (AvgIpc) is 2.40. The highest BCUT2D eigenvalue weighted by molar-refractivity contribution is 5.52. The van der Waals surface area contributed by atoms with Gasteiger partial charge in [0, 0.05) is 11.8 Å². The van der Waals surface area contributed by atoms with Crippen molar-refractivity contribution in [2.24, 2.45) is 0 Å². The summed E-state index contributed by atoms with van der Waals surface area (Å²) in [5.74, 6) is 1.15. The second-order valence-electron chi connectivity index (χ2n) is 4.38. The molecule has 0 fully saturated rings. The Morgan fingerprint density at radius 2 is 1.89 bits per heavy atom. The van der Waals surface area contributed by atoms with E-state index in [9.17, 15) is 5.11 Å². The number of nitrogen functional groups attached to an aromatic ring is 1. The van der Waals surface area contributed by atoms with Gasteiger partial charge in [-0.1, -0.05) is 13.8 Å². The van der Waals surface area contributed by atoms with Gasteiger partial charge in [0.15, 0.2) is 17.7 Å². The van der Waals surface area contributed by atoms with Gasteiger partial charge in [0.05, 0.1) is 7.11 Å². The minimum Gasteiger partial charge on any atom is -0.493 e. The third-order valence-electron chi connectivity index (χ3n) is 3.02. The Kier molecular flexibility index (Phi) is 5.92. The number of nitrogens with zero attached hydrogens (tertiary/aromatic N) is 1. The zero-order valence-electron chi connectivity index (χ0n) is 12.1. The van der Waals surface area contributed by atoms with E-state index in [1.165, 1.54) is 0 Å². The lowest BCUT2D eigenvalue weighted by Crippen LogP contribution is -2.46. The first kappa shape index (κ1) is 15.6. The Balaban J connectivity index is 2.96. The van der Waals surface area contributed by atoms with Gasteiger partial charge in [-0.2, -0.15) is 0 Å². The number of ether oxygens (including phenoxy) is 2. The smallest absolute Gasteiger partial charge is 0.178 e. The van der Waals surface area contributed by atoms with Crippen LogP contribution in [0.5, 0.6) is 11.5 Å². The van der Waals surface area contributed by atoms with Crippen molar-refractivity contribution in [2.45, 2.75) is 33.1 Å². The van der Waals surface area contributed by atoms with E-state index in [-0.39, 0.29) is 0 Å². The second kappa shape index (κ2) is 7.21. The van der Waals surface area contributed by atoms with Gasteiger partial charge in [-0.25, -0.2) is 0 Å². The Morgan fingerprint density at radius 3 is 2.37 bits per heavy atom. The molecule has 1 unspecified atom stereocenters. The number of rotatable bonds is 7. The van der Waals surface area contributed by atoms with Gasteiger partial charge in [0.1, 0.15) is 6.10 Å². The zero-order chi connectivity index (χ0) is 14.4. The summed E-state index contributed by atoms with van der Waals surface area (Å²) in [6.45, 7) is 7.37.